The van der Waals surface area contributed by atoms with Crippen LogP contribution in [0.5, 0.6) is 0 Å². The molecule has 4 N–H and O–H groups in total. The van der Waals surface area contributed by atoms with Crippen molar-refractivity contribution in [2.24, 2.45) is 5.73 Å². The van der Waals surface area contributed by atoms with Gasteiger partial charge in [0.25, 0.3) is 5.91 Å². The fourth-order valence-corrected chi connectivity index (χ4v) is 2.34. The van der Waals surface area contributed by atoms with Gasteiger partial charge in [0.2, 0.25) is 0 Å². The van der Waals surface area contributed by atoms with Crippen molar-refractivity contribution >= 4 is 23.0 Å². The maximum absolute atomic E-state index is 11.4. The molecule has 0 saturated carbocycles. The maximum atomic E-state index is 11.4. The van der Waals surface area contributed by atoms with E-state index in [1.54, 1.807) is 12.1 Å². The van der Waals surface area contributed by atoms with E-state index in [-0.39, 0.29) is 0 Å². The lowest BCUT2D eigenvalue weighted by Gasteiger charge is -2.23. The zero-order chi connectivity index (χ0) is 14.9. The standard InChI is InChI=1S/C16H19N3O/c1-10-7-11(2)9-12(8-10)19(3)14-6-4-5-13(15(14)17)16(18)20/h4-9H,17H2,1-3H3,(H2,18,20). The molecule has 0 aliphatic carbocycles. The first-order valence-electron chi connectivity index (χ1n) is 6.40. The van der Waals surface area contributed by atoms with Crippen LogP contribution in [0.1, 0.15) is 21.5 Å². The van der Waals surface area contributed by atoms with Gasteiger partial charge in [-0.3, -0.25) is 4.79 Å². The number of hydrogen-bond acceptors (Lipinski definition) is 3. The van der Waals surface area contributed by atoms with Gasteiger partial charge < -0.3 is 16.4 Å². The minimum Gasteiger partial charge on any atom is -0.396 e. The Bertz CT molecular complexity index is 645. The lowest BCUT2D eigenvalue weighted by atomic mass is 10.1. The molecule has 104 valence electrons. The van der Waals surface area contributed by atoms with E-state index in [1.807, 2.05) is 31.9 Å². The van der Waals surface area contributed by atoms with Crippen LogP contribution >= 0.6 is 0 Å². The summed E-state index contributed by atoms with van der Waals surface area (Å²) in [6.45, 7) is 4.10. The maximum Gasteiger partial charge on any atom is 0.250 e. The summed E-state index contributed by atoms with van der Waals surface area (Å²) in [5, 5.41) is 0. The zero-order valence-electron chi connectivity index (χ0n) is 12.0. The molecule has 2 aromatic rings. The summed E-state index contributed by atoms with van der Waals surface area (Å²) in [6, 6.07) is 11.5. The van der Waals surface area contributed by atoms with E-state index in [0.717, 1.165) is 11.4 Å². The number of nitrogens with zero attached hydrogens (tertiary/aromatic N) is 1. The smallest absolute Gasteiger partial charge is 0.250 e. The Labute approximate surface area is 119 Å². The van der Waals surface area contributed by atoms with Crippen molar-refractivity contribution in [3.63, 3.8) is 0 Å². The van der Waals surface area contributed by atoms with E-state index in [2.05, 4.69) is 18.2 Å². The molecule has 2 rings (SSSR count). The molecule has 0 spiro atoms. The monoisotopic (exact) mass is 269 g/mol. The second-order valence-electron chi connectivity index (χ2n) is 5.01. The first kappa shape index (κ1) is 13.9. The molecular weight excluding hydrogens is 250 g/mol. The van der Waals surface area contributed by atoms with Gasteiger partial charge in [-0.1, -0.05) is 12.1 Å². The molecule has 0 bridgehead atoms. The van der Waals surface area contributed by atoms with E-state index >= 15 is 0 Å². The number of para-hydroxylation sites is 1. The van der Waals surface area contributed by atoms with Crippen molar-refractivity contribution in [3.8, 4) is 0 Å². The molecule has 1 amide bonds. The van der Waals surface area contributed by atoms with Gasteiger partial charge in [0.05, 0.1) is 16.9 Å². The lowest BCUT2D eigenvalue weighted by molar-refractivity contribution is 0.100. The highest BCUT2D eigenvalue weighted by atomic mass is 16.1. The average molecular weight is 269 g/mol. The number of aryl methyl sites for hydroxylation is 2. The molecule has 0 aliphatic heterocycles. The topological polar surface area (TPSA) is 72.3 Å². The second kappa shape index (κ2) is 5.25. The highest BCUT2D eigenvalue weighted by molar-refractivity contribution is 6.01. The lowest BCUT2D eigenvalue weighted by Crippen LogP contribution is -2.17. The number of anilines is 3. The summed E-state index contributed by atoms with van der Waals surface area (Å²) in [7, 11) is 1.92. The second-order valence-corrected chi connectivity index (χ2v) is 5.01. The van der Waals surface area contributed by atoms with Crippen molar-refractivity contribution in [2.75, 3.05) is 17.7 Å². The molecule has 20 heavy (non-hydrogen) atoms. The molecule has 2 aromatic carbocycles. The minimum absolute atomic E-state index is 0.346. The fourth-order valence-electron chi connectivity index (χ4n) is 2.34. The summed E-state index contributed by atoms with van der Waals surface area (Å²) >= 11 is 0. The normalized spacial score (nSPS) is 10.3. The van der Waals surface area contributed by atoms with Crippen LogP contribution in [-0.2, 0) is 0 Å². The summed E-state index contributed by atoms with van der Waals surface area (Å²) in [5.41, 5.74) is 16.3. The molecule has 0 unspecified atom stereocenters. The molecular formula is C16H19N3O. The van der Waals surface area contributed by atoms with Gasteiger partial charge in [-0.25, -0.2) is 0 Å². The predicted molar refractivity (Wildman–Crippen MR) is 83.4 cm³/mol. The Morgan fingerprint density at radius 1 is 1.10 bits per heavy atom. The Kier molecular flexibility index (Phi) is 3.66. The number of benzene rings is 2. The number of nitrogen functional groups attached to an aromatic ring is 1. The third kappa shape index (κ3) is 2.59. The van der Waals surface area contributed by atoms with Crippen LogP contribution in [0.25, 0.3) is 0 Å². The largest absolute Gasteiger partial charge is 0.396 e. The van der Waals surface area contributed by atoms with Gasteiger partial charge in [-0.2, -0.15) is 0 Å². The molecule has 4 heteroatoms. The third-order valence-electron chi connectivity index (χ3n) is 3.30. The Morgan fingerprint density at radius 2 is 1.70 bits per heavy atom. The predicted octanol–water partition coefficient (Wildman–Crippen LogP) is 2.75. The highest BCUT2D eigenvalue weighted by Crippen LogP contribution is 2.31. The van der Waals surface area contributed by atoms with Crippen LogP contribution in [0.2, 0.25) is 0 Å². The molecule has 0 aliphatic rings. The molecule has 0 fully saturated rings. The Balaban J connectivity index is 2.50. The fraction of sp³-hybridized carbons (Fsp3) is 0.188. The number of rotatable bonds is 3. The molecule has 4 nitrogen and oxygen atoms in total. The number of nitrogens with two attached hydrogens (primary N) is 2. The molecule has 0 saturated heterocycles. The van der Waals surface area contributed by atoms with Gasteiger partial charge in [0, 0.05) is 12.7 Å². The number of primary amides is 1. The summed E-state index contributed by atoms with van der Waals surface area (Å²) in [5.74, 6) is -0.516. The number of carbonyl (C=O) groups is 1. The van der Waals surface area contributed by atoms with E-state index < -0.39 is 5.91 Å². The summed E-state index contributed by atoms with van der Waals surface area (Å²) in [4.78, 5) is 13.3. The highest BCUT2D eigenvalue weighted by Gasteiger charge is 2.13. The van der Waals surface area contributed by atoms with Crippen LogP contribution in [0, 0.1) is 13.8 Å². The number of amides is 1. The van der Waals surface area contributed by atoms with Crippen molar-refractivity contribution in [1.29, 1.82) is 0 Å². The summed E-state index contributed by atoms with van der Waals surface area (Å²) in [6.07, 6.45) is 0. The SMILES string of the molecule is Cc1cc(C)cc(N(C)c2cccc(C(N)=O)c2N)c1. The number of hydrogen-bond donors (Lipinski definition) is 2. The Morgan fingerprint density at radius 3 is 2.25 bits per heavy atom. The van der Waals surface area contributed by atoms with Crippen molar-refractivity contribution < 1.29 is 4.79 Å². The van der Waals surface area contributed by atoms with Crippen LogP contribution in [0.15, 0.2) is 36.4 Å². The van der Waals surface area contributed by atoms with E-state index in [1.165, 1.54) is 11.1 Å². The van der Waals surface area contributed by atoms with Gasteiger partial charge in [-0.05, 0) is 49.2 Å². The quantitative estimate of drug-likeness (QED) is 0.841. The summed E-state index contributed by atoms with van der Waals surface area (Å²) < 4.78 is 0. The first-order chi connectivity index (χ1) is 9.40. The van der Waals surface area contributed by atoms with E-state index in [9.17, 15) is 4.79 Å². The van der Waals surface area contributed by atoms with Crippen molar-refractivity contribution in [1.82, 2.24) is 0 Å². The van der Waals surface area contributed by atoms with Crippen LogP contribution in [0.4, 0.5) is 17.1 Å². The third-order valence-corrected chi connectivity index (χ3v) is 3.30. The molecule has 0 atom stereocenters. The molecule has 0 radical (unpaired) electrons. The number of carbonyl (C=O) groups excluding carboxylic acids is 1. The van der Waals surface area contributed by atoms with Gasteiger partial charge in [-0.15, -0.1) is 0 Å². The minimum atomic E-state index is -0.516. The van der Waals surface area contributed by atoms with Gasteiger partial charge in [0.15, 0.2) is 0 Å². The van der Waals surface area contributed by atoms with E-state index in [0.29, 0.717) is 11.3 Å². The van der Waals surface area contributed by atoms with Crippen LogP contribution in [0.3, 0.4) is 0 Å². The van der Waals surface area contributed by atoms with Crippen molar-refractivity contribution in [3.05, 3.63) is 53.1 Å². The first-order valence-corrected chi connectivity index (χ1v) is 6.40. The van der Waals surface area contributed by atoms with Gasteiger partial charge in [0.1, 0.15) is 0 Å². The van der Waals surface area contributed by atoms with Crippen molar-refractivity contribution in [2.45, 2.75) is 13.8 Å². The van der Waals surface area contributed by atoms with Crippen LogP contribution in [-0.4, -0.2) is 13.0 Å². The van der Waals surface area contributed by atoms with Gasteiger partial charge >= 0.3 is 0 Å². The van der Waals surface area contributed by atoms with E-state index in [4.69, 9.17) is 11.5 Å². The zero-order valence-corrected chi connectivity index (χ0v) is 12.0. The molecule has 0 heterocycles. The molecule has 0 aromatic heterocycles. The average Bonchev–Trinajstić information content (AvgIpc) is 2.36. The van der Waals surface area contributed by atoms with Crippen LogP contribution < -0.4 is 16.4 Å². The Hall–Kier alpha value is -2.49.